The lowest BCUT2D eigenvalue weighted by Gasteiger charge is -2.18. The fourth-order valence-electron chi connectivity index (χ4n) is 2.50. The minimum atomic E-state index is -0.613. The van der Waals surface area contributed by atoms with Crippen LogP contribution in [0.1, 0.15) is 18.4 Å². The van der Waals surface area contributed by atoms with Crippen molar-refractivity contribution in [3.8, 4) is 5.75 Å². The summed E-state index contributed by atoms with van der Waals surface area (Å²) < 4.78 is 13.6. The fourth-order valence-corrected chi connectivity index (χ4v) is 3.75. The van der Waals surface area contributed by atoms with Gasteiger partial charge < -0.3 is 15.7 Å². The van der Waals surface area contributed by atoms with Gasteiger partial charge in [0.2, 0.25) is 0 Å². The molecule has 25 heavy (non-hydrogen) atoms. The number of aromatic hydroxyl groups is 1. The minimum absolute atomic E-state index is 0.226. The van der Waals surface area contributed by atoms with Crippen molar-refractivity contribution in [2.45, 2.75) is 29.0 Å². The van der Waals surface area contributed by atoms with Crippen LogP contribution in [0.2, 0.25) is 0 Å². The molecule has 6 heteroatoms. The molecule has 2 aromatic carbocycles. The van der Waals surface area contributed by atoms with E-state index in [1.807, 2.05) is 17.8 Å². The maximum absolute atomic E-state index is 13.4. The van der Waals surface area contributed by atoms with Crippen LogP contribution in [0.25, 0.3) is 0 Å². The van der Waals surface area contributed by atoms with Crippen molar-refractivity contribution in [2.75, 3.05) is 13.6 Å². The van der Waals surface area contributed by atoms with Crippen molar-refractivity contribution in [1.29, 1.82) is 0 Å². The summed E-state index contributed by atoms with van der Waals surface area (Å²) in [6, 6.07) is 14.8. The highest BCUT2D eigenvalue weighted by Crippen LogP contribution is 2.51. The Morgan fingerprint density at radius 2 is 1.96 bits per heavy atom. The van der Waals surface area contributed by atoms with E-state index in [2.05, 4.69) is 39.9 Å². The molecule has 1 aliphatic carbocycles. The predicted octanol–water partition coefficient (Wildman–Crippen LogP) is 3.52. The van der Waals surface area contributed by atoms with Gasteiger partial charge in [-0.15, -0.1) is 11.8 Å². The van der Waals surface area contributed by atoms with Crippen molar-refractivity contribution >= 4 is 17.7 Å². The summed E-state index contributed by atoms with van der Waals surface area (Å²) in [4.78, 5) is 5.50. The molecule has 2 aromatic rings. The third-order valence-electron chi connectivity index (χ3n) is 4.16. The first-order valence-corrected chi connectivity index (χ1v) is 9.08. The standard InChI is InChI=1S/C19H22FN3OS/c1-21-18(22-12-14-7-8-17(24)16(20)11-14)23-13-19(9-10-19)25-15-5-3-2-4-6-15/h2-8,11,24H,9-10,12-13H2,1H3,(H2,21,22,23). The van der Waals surface area contributed by atoms with E-state index in [0.717, 1.165) is 12.1 Å². The molecule has 0 atom stereocenters. The van der Waals surface area contributed by atoms with Gasteiger partial charge in [-0.1, -0.05) is 24.3 Å². The molecule has 0 bridgehead atoms. The van der Waals surface area contributed by atoms with Gasteiger partial charge in [-0.25, -0.2) is 4.39 Å². The first-order chi connectivity index (χ1) is 12.1. The van der Waals surface area contributed by atoms with Crippen LogP contribution < -0.4 is 10.6 Å². The molecule has 4 nitrogen and oxygen atoms in total. The average Bonchev–Trinajstić information content (AvgIpc) is 3.38. The van der Waals surface area contributed by atoms with E-state index < -0.39 is 5.82 Å². The first-order valence-electron chi connectivity index (χ1n) is 8.26. The Morgan fingerprint density at radius 1 is 1.20 bits per heavy atom. The van der Waals surface area contributed by atoms with Crippen LogP contribution in [0.5, 0.6) is 5.75 Å². The van der Waals surface area contributed by atoms with Crippen LogP contribution in [-0.2, 0) is 6.54 Å². The Morgan fingerprint density at radius 3 is 2.60 bits per heavy atom. The summed E-state index contributed by atoms with van der Waals surface area (Å²) in [5.74, 6) is -0.258. The summed E-state index contributed by atoms with van der Waals surface area (Å²) in [6.45, 7) is 1.27. The molecule has 0 saturated heterocycles. The van der Waals surface area contributed by atoms with Gasteiger partial charge in [-0.05, 0) is 42.7 Å². The first kappa shape index (κ1) is 17.6. The number of phenols is 1. The number of nitrogens with one attached hydrogen (secondary N) is 2. The van der Waals surface area contributed by atoms with Gasteiger partial charge in [-0.3, -0.25) is 4.99 Å². The molecule has 1 aliphatic rings. The SMILES string of the molecule is CN=C(NCc1ccc(O)c(F)c1)NCC1(Sc2ccccc2)CC1. The van der Waals surface area contributed by atoms with Gasteiger partial charge in [0.05, 0.1) is 0 Å². The molecule has 1 fully saturated rings. The van der Waals surface area contributed by atoms with Crippen molar-refractivity contribution < 1.29 is 9.50 Å². The van der Waals surface area contributed by atoms with Gasteiger partial charge in [-0.2, -0.15) is 0 Å². The predicted molar refractivity (Wildman–Crippen MR) is 101 cm³/mol. The molecular formula is C19H22FN3OS. The minimum Gasteiger partial charge on any atom is -0.505 e. The smallest absolute Gasteiger partial charge is 0.191 e. The number of thioether (sulfide) groups is 1. The van der Waals surface area contributed by atoms with Gasteiger partial charge >= 0.3 is 0 Å². The Balaban J connectivity index is 1.50. The molecular weight excluding hydrogens is 337 g/mol. The Labute approximate surface area is 151 Å². The van der Waals surface area contributed by atoms with Crippen molar-refractivity contribution in [3.05, 3.63) is 59.9 Å². The normalized spacial score (nSPS) is 15.7. The van der Waals surface area contributed by atoms with Crippen LogP contribution in [0.4, 0.5) is 4.39 Å². The number of hydrogen-bond acceptors (Lipinski definition) is 3. The van der Waals surface area contributed by atoms with Gasteiger partial charge in [0.1, 0.15) is 0 Å². The Kier molecular flexibility index (Phi) is 5.48. The monoisotopic (exact) mass is 359 g/mol. The van der Waals surface area contributed by atoms with E-state index in [-0.39, 0.29) is 10.5 Å². The number of benzene rings is 2. The second-order valence-electron chi connectivity index (χ2n) is 6.16. The largest absolute Gasteiger partial charge is 0.505 e. The zero-order chi connectivity index (χ0) is 17.7. The Hall–Kier alpha value is -2.21. The van der Waals surface area contributed by atoms with E-state index in [1.165, 1.54) is 29.9 Å². The molecule has 0 radical (unpaired) electrons. The number of halogens is 1. The van der Waals surface area contributed by atoms with E-state index in [4.69, 9.17) is 0 Å². The molecule has 132 valence electrons. The van der Waals surface area contributed by atoms with Crippen LogP contribution in [0.15, 0.2) is 58.4 Å². The van der Waals surface area contributed by atoms with E-state index in [1.54, 1.807) is 13.1 Å². The summed E-state index contributed by atoms with van der Waals surface area (Å²) in [5, 5.41) is 15.8. The second-order valence-corrected chi connectivity index (χ2v) is 7.70. The highest BCUT2D eigenvalue weighted by atomic mass is 32.2. The van der Waals surface area contributed by atoms with E-state index >= 15 is 0 Å². The third-order valence-corrected chi connectivity index (χ3v) is 5.65. The van der Waals surface area contributed by atoms with Crippen LogP contribution in [0.3, 0.4) is 0 Å². The molecule has 3 N–H and O–H groups in total. The lowest BCUT2D eigenvalue weighted by molar-refractivity contribution is 0.431. The second kappa shape index (κ2) is 7.78. The van der Waals surface area contributed by atoms with E-state index in [0.29, 0.717) is 12.5 Å². The summed E-state index contributed by atoms with van der Waals surface area (Å²) >= 11 is 1.90. The maximum atomic E-state index is 13.4. The lowest BCUT2D eigenvalue weighted by atomic mass is 10.2. The van der Waals surface area contributed by atoms with Crippen LogP contribution in [0, 0.1) is 5.82 Å². The Bertz CT molecular complexity index is 748. The molecule has 0 heterocycles. The summed E-state index contributed by atoms with van der Waals surface area (Å²) in [7, 11) is 1.72. The van der Waals surface area contributed by atoms with Crippen molar-refractivity contribution in [3.63, 3.8) is 0 Å². The van der Waals surface area contributed by atoms with Crippen molar-refractivity contribution in [1.82, 2.24) is 10.6 Å². The average molecular weight is 359 g/mol. The number of phenolic OH excluding ortho intramolecular Hbond substituents is 1. The van der Waals surface area contributed by atoms with Crippen LogP contribution in [-0.4, -0.2) is 29.4 Å². The number of guanidine groups is 1. The molecule has 0 spiro atoms. The van der Waals surface area contributed by atoms with Gasteiger partial charge in [0, 0.05) is 29.8 Å². The van der Waals surface area contributed by atoms with Gasteiger partial charge in [0.15, 0.2) is 17.5 Å². The zero-order valence-electron chi connectivity index (χ0n) is 14.1. The molecule has 1 saturated carbocycles. The number of aliphatic imine (C=N–C) groups is 1. The quantitative estimate of drug-likeness (QED) is 0.546. The molecule has 0 unspecified atom stereocenters. The topological polar surface area (TPSA) is 56.7 Å². The molecule has 3 rings (SSSR count). The third kappa shape index (κ3) is 4.89. The highest BCUT2D eigenvalue weighted by molar-refractivity contribution is 8.01. The molecule has 0 amide bonds. The number of hydrogen-bond donors (Lipinski definition) is 3. The maximum Gasteiger partial charge on any atom is 0.191 e. The molecule has 0 aromatic heterocycles. The highest BCUT2D eigenvalue weighted by Gasteiger charge is 2.43. The summed E-state index contributed by atoms with van der Waals surface area (Å²) in [5.41, 5.74) is 0.748. The fraction of sp³-hybridized carbons (Fsp3) is 0.316. The summed E-state index contributed by atoms with van der Waals surface area (Å²) in [6.07, 6.45) is 2.36. The van der Waals surface area contributed by atoms with Gasteiger partial charge in [0.25, 0.3) is 0 Å². The van der Waals surface area contributed by atoms with Crippen LogP contribution >= 0.6 is 11.8 Å². The molecule has 0 aliphatic heterocycles. The zero-order valence-corrected chi connectivity index (χ0v) is 14.9. The number of rotatable bonds is 6. The van der Waals surface area contributed by atoms with Crippen molar-refractivity contribution in [2.24, 2.45) is 4.99 Å². The van der Waals surface area contributed by atoms with E-state index in [9.17, 15) is 9.50 Å². The number of nitrogens with zero attached hydrogens (tertiary/aromatic N) is 1. The lowest BCUT2D eigenvalue weighted by Crippen LogP contribution is -2.40.